The number of amides is 1. The second kappa shape index (κ2) is 5.40. The number of methoxy groups -OCH3 is 1. The van der Waals surface area contributed by atoms with Gasteiger partial charge in [0.1, 0.15) is 5.75 Å². The standard InChI is InChI=1S/C14H20N2O2/c1-10-8-16(9-13(10)15)14(17)7-11-3-5-12(18-2)6-4-11/h3-6,10,13H,7-9,15H2,1-2H3. The topological polar surface area (TPSA) is 55.6 Å². The van der Waals surface area contributed by atoms with Crippen molar-refractivity contribution in [1.82, 2.24) is 4.90 Å². The number of ether oxygens (including phenoxy) is 1. The predicted octanol–water partition coefficient (Wildman–Crippen LogP) is 1.04. The van der Waals surface area contributed by atoms with E-state index in [9.17, 15) is 4.79 Å². The number of likely N-dealkylation sites (tertiary alicyclic amines) is 1. The third-order valence-corrected chi connectivity index (χ3v) is 3.54. The Labute approximate surface area is 108 Å². The molecule has 1 aliphatic rings. The Morgan fingerprint density at radius 1 is 1.39 bits per heavy atom. The van der Waals surface area contributed by atoms with Crippen LogP contribution in [-0.2, 0) is 11.2 Å². The molecular formula is C14H20N2O2. The molecule has 0 saturated carbocycles. The fourth-order valence-electron chi connectivity index (χ4n) is 2.23. The molecule has 0 aromatic heterocycles. The lowest BCUT2D eigenvalue weighted by Gasteiger charge is -2.15. The van der Waals surface area contributed by atoms with Gasteiger partial charge in [-0.05, 0) is 23.6 Å². The van der Waals surface area contributed by atoms with Crippen LogP contribution in [0.5, 0.6) is 5.75 Å². The summed E-state index contributed by atoms with van der Waals surface area (Å²) in [6, 6.07) is 7.72. The maximum absolute atomic E-state index is 12.1. The van der Waals surface area contributed by atoms with Gasteiger partial charge in [0.25, 0.3) is 0 Å². The number of carbonyl (C=O) groups excluding carboxylic acids is 1. The highest BCUT2D eigenvalue weighted by molar-refractivity contribution is 5.79. The quantitative estimate of drug-likeness (QED) is 0.869. The van der Waals surface area contributed by atoms with E-state index in [4.69, 9.17) is 10.5 Å². The highest BCUT2D eigenvalue weighted by Gasteiger charge is 2.29. The SMILES string of the molecule is COc1ccc(CC(=O)N2CC(C)C(N)C2)cc1. The van der Waals surface area contributed by atoms with E-state index in [0.717, 1.165) is 17.9 Å². The van der Waals surface area contributed by atoms with Crippen LogP contribution in [0, 0.1) is 5.92 Å². The minimum Gasteiger partial charge on any atom is -0.497 e. The fraction of sp³-hybridized carbons (Fsp3) is 0.500. The molecule has 0 aliphatic carbocycles. The van der Waals surface area contributed by atoms with E-state index in [1.165, 1.54) is 0 Å². The monoisotopic (exact) mass is 248 g/mol. The highest BCUT2D eigenvalue weighted by Crippen LogP contribution is 2.17. The summed E-state index contributed by atoms with van der Waals surface area (Å²) in [4.78, 5) is 14.0. The summed E-state index contributed by atoms with van der Waals surface area (Å²) in [5.41, 5.74) is 6.94. The largest absolute Gasteiger partial charge is 0.497 e. The molecule has 2 atom stereocenters. The van der Waals surface area contributed by atoms with Gasteiger partial charge in [-0.25, -0.2) is 0 Å². The van der Waals surface area contributed by atoms with Gasteiger partial charge < -0.3 is 15.4 Å². The predicted molar refractivity (Wildman–Crippen MR) is 70.4 cm³/mol. The van der Waals surface area contributed by atoms with E-state index in [1.54, 1.807) is 7.11 Å². The first-order chi connectivity index (χ1) is 8.60. The van der Waals surface area contributed by atoms with Crippen molar-refractivity contribution < 1.29 is 9.53 Å². The second-order valence-corrected chi connectivity index (χ2v) is 4.96. The van der Waals surface area contributed by atoms with Crippen LogP contribution in [0.4, 0.5) is 0 Å². The smallest absolute Gasteiger partial charge is 0.227 e. The van der Waals surface area contributed by atoms with Crippen molar-refractivity contribution in [2.75, 3.05) is 20.2 Å². The lowest BCUT2D eigenvalue weighted by molar-refractivity contribution is -0.129. The summed E-state index contributed by atoms with van der Waals surface area (Å²) in [6.07, 6.45) is 0.434. The van der Waals surface area contributed by atoms with Crippen LogP contribution in [0.25, 0.3) is 0 Å². The van der Waals surface area contributed by atoms with Gasteiger partial charge in [-0.3, -0.25) is 4.79 Å². The van der Waals surface area contributed by atoms with Crippen molar-refractivity contribution >= 4 is 5.91 Å². The second-order valence-electron chi connectivity index (χ2n) is 4.96. The number of benzene rings is 1. The Hall–Kier alpha value is -1.55. The Morgan fingerprint density at radius 3 is 2.56 bits per heavy atom. The first kappa shape index (κ1) is 12.9. The number of carbonyl (C=O) groups is 1. The third-order valence-electron chi connectivity index (χ3n) is 3.54. The van der Waals surface area contributed by atoms with Gasteiger partial charge in [0.2, 0.25) is 5.91 Å². The minimum atomic E-state index is 0.116. The zero-order valence-electron chi connectivity index (χ0n) is 10.9. The van der Waals surface area contributed by atoms with Crippen molar-refractivity contribution in [3.05, 3.63) is 29.8 Å². The lowest BCUT2D eigenvalue weighted by Crippen LogP contribution is -2.33. The van der Waals surface area contributed by atoms with Crippen LogP contribution in [0.15, 0.2) is 24.3 Å². The Bertz CT molecular complexity index is 406. The minimum absolute atomic E-state index is 0.116. The first-order valence-electron chi connectivity index (χ1n) is 6.26. The van der Waals surface area contributed by atoms with E-state index in [2.05, 4.69) is 6.92 Å². The van der Waals surface area contributed by atoms with Crippen molar-refractivity contribution in [2.45, 2.75) is 19.4 Å². The molecule has 1 aliphatic heterocycles. The molecule has 1 aromatic rings. The maximum atomic E-state index is 12.1. The summed E-state index contributed by atoms with van der Waals surface area (Å²) in [5, 5.41) is 0. The van der Waals surface area contributed by atoms with Crippen molar-refractivity contribution in [3.63, 3.8) is 0 Å². The molecule has 98 valence electrons. The van der Waals surface area contributed by atoms with E-state index >= 15 is 0 Å². The Kier molecular flexibility index (Phi) is 3.87. The molecule has 2 unspecified atom stereocenters. The van der Waals surface area contributed by atoms with E-state index in [1.807, 2.05) is 29.2 Å². The number of nitrogens with zero attached hydrogens (tertiary/aromatic N) is 1. The van der Waals surface area contributed by atoms with Gasteiger partial charge in [0, 0.05) is 19.1 Å². The normalized spacial score (nSPS) is 23.2. The number of hydrogen-bond acceptors (Lipinski definition) is 3. The van der Waals surface area contributed by atoms with Crippen LogP contribution < -0.4 is 10.5 Å². The summed E-state index contributed by atoms with van der Waals surface area (Å²) >= 11 is 0. The van der Waals surface area contributed by atoms with Crippen molar-refractivity contribution in [2.24, 2.45) is 11.7 Å². The molecular weight excluding hydrogens is 228 g/mol. The molecule has 1 aromatic carbocycles. The third kappa shape index (κ3) is 2.82. The highest BCUT2D eigenvalue weighted by atomic mass is 16.5. The molecule has 2 N–H and O–H groups in total. The van der Waals surface area contributed by atoms with Crippen LogP contribution >= 0.6 is 0 Å². The fourth-order valence-corrected chi connectivity index (χ4v) is 2.23. The van der Waals surface area contributed by atoms with E-state index in [0.29, 0.717) is 18.9 Å². The zero-order valence-corrected chi connectivity index (χ0v) is 10.9. The Morgan fingerprint density at radius 2 is 2.06 bits per heavy atom. The Balaban J connectivity index is 1.94. The average Bonchev–Trinajstić information content (AvgIpc) is 2.71. The molecule has 1 amide bonds. The zero-order chi connectivity index (χ0) is 13.1. The first-order valence-corrected chi connectivity index (χ1v) is 6.26. The van der Waals surface area contributed by atoms with Crippen LogP contribution in [-0.4, -0.2) is 37.0 Å². The van der Waals surface area contributed by atoms with E-state index < -0.39 is 0 Å². The van der Waals surface area contributed by atoms with Gasteiger partial charge in [-0.15, -0.1) is 0 Å². The molecule has 2 rings (SSSR count). The molecule has 4 nitrogen and oxygen atoms in total. The number of rotatable bonds is 3. The lowest BCUT2D eigenvalue weighted by atomic mass is 10.1. The van der Waals surface area contributed by atoms with Crippen molar-refractivity contribution in [1.29, 1.82) is 0 Å². The van der Waals surface area contributed by atoms with Crippen LogP contribution in [0.1, 0.15) is 12.5 Å². The summed E-state index contributed by atoms with van der Waals surface area (Å²) in [5.74, 6) is 1.35. The van der Waals surface area contributed by atoms with Gasteiger partial charge in [-0.2, -0.15) is 0 Å². The molecule has 18 heavy (non-hydrogen) atoms. The van der Waals surface area contributed by atoms with Crippen molar-refractivity contribution in [3.8, 4) is 5.75 Å². The summed E-state index contributed by atoms with van der Waals surface area (Å²) in [7, 11) is 1.63. The molecule has 1 fully saturated rings. The van der Waals surface area contributed by atoms with Crippen LogP contribution in [0.2, 0.25) is 0 Å². The maximum Gasteiger partial charge on any atom is 0.227 e. The summed E-state index contributed by atoms with van der Waals surface area (Å²) < 4.78 is 5.09. The number of hydrogen-bond donors (Lipinski definition) is 1. The number of nitrogens with two attached hydrogens (primary N) is 1. The summed E-state index contributed by atoms with van der Waals surface area (Å²) in [6.45, 7) is 3.54. The van der Waals surface area contributed by atoms with E-state index in [-0.39, 0.29) is 11.9 Å². The van der Waals surface area contributed by atoms with Gasteiger partial charge in [0.15, 0.2) is 0 Å². The molecule has 0 radical (unpaired) electrons. The van der Waals surface area contributed by atoms with Crippen LogP contribution in [0.3, 0.4) is 0 Å². The molecule has 1 saturated heterocycles. The van der Waals surface area contributed by atoms with Gasteiger partial charge >= 0.3 is 0 Å². The molecule has 0 bridgehead atoms. The molecule has 0 spiro atoms. The average molecular weight is 248 g/mol. The molecule has 4 heteroatoms. The van der Waals surface area contributed by atoms with Gasteiger partial charge in [0.05, 0.1) is 13.5 Å². The molecule has 1 heterocycles. The van der Waals surface area contributed by atoms with Gasteiger partial charge in [-0.1, -0.05) is 19.1 Å².